The van der Waals surface area contributed by atoms with Crippen LogP contribution >= 0.6 is 11.3 Å². The van der Waals surface area contributed by atoms with Gasteiger partial charge in [0.2, 0.25) is 5.91 Å². The molecule has 4 nitrogen and oxygen atoms in total. The molecule has 0 fully saturated rings. The highest BCUT2D eigenvalue weighted by atomic mass is 32.1. The van der Waals surface area contributed by atoms with Gasteiger partial charge < -0.3 is 9.84 Å². The summed E-state index contributed by atoms with van der Waals surface area (Å²) in [5.41, 5.74) is 1.65. The lowest BCUT2D eigenvalue weighted by molar-refractivity contribution is -0.116. The first kappa shape index (κ1) is 14.3. The first-order valence-corrected chi connectivity index (χ1v) is 7.70. The largest absolute Gasteiger partial charge is 0.356 e. The van der Waals surface area contributed by atoms with Gasteiger partial charge in [-0.2, -0.15) is 0 Å². The van der Waals surface area contributed by atoms with E-state index >= 15 is 0 Å². The van der Waals surface area contributed by atoms with Crippen molar-refractivity contribution >= 4 is 23.3 Å². The molecule has 0 bridgehead atoms. The summed E-state index contributed by atoms with van der Waals surface area (Å²) in [6.45, 7) is 0.337. The van der Waals surface area contributed by atoms with Gasteiger partial charge in [-0.15, -0.1) is 11.3 Å². The summed E-state index contributed by atoms with van der Waals surface area (Å²) in [4.78, 5) is 12.8. The Morgan fingerprint density at radius 2 is 2.09 bits per heavy atom. The molecular weight excluding hydrogens is 296 g/mol. The normalized spacial score (nSPS) is 10.9. The Kier molecular flexibility index (Phi) is 4.46. The van der Waals surface area contributed by atoms with Gasteiger partial charge >= 0.3 is 0 Å². The van der Waals surface area contributed by atoms with E-state index in [2.05, 4.69) is 10.5 Å². The van der Waals surface area contributed by atoms with Crippen molar-refractivity contribution in [3.63, 3.8) is 0 Å². The van der Waals surface area contributed by atoms with Gasteiger partial charge in [-0.25, -0.2) is 0 Å². The van der Waals surface area contributed by atoms with E-state index in [1.807, 2.05) is 53.9 Å². The van der Waals surface area contributed by atoms with Crippen LogP contribution in [0.3, 0.4) is 0 Å². The van der Waals surface area contributed by atoms with Gasteiger partial charge in [0.1, 0.15) is 5.69 Å². The second-order valence-corrected chi connectivity index (χ2v) is 5.59. The molecule has 110 valence electrons. The predicted molar refractivity (Wildman–Crippen MR) is 87.1 cm³/mol. The molecule has 3 rings (SSSR count). The molecule has 0 saturated carbocycles. The molecule has 1 amide bonds. The maximum atomic E-state index is 11.7. The van der Waals surface area contributed by atoms with Crippen LogP contribution in [0.4, 0.5) is 0 Å². The number of hydrogen-bond donors (Lipinski definition) is 1. The third-order valence-corrected chi connectivity index (χ3v) is 3.84. The summed E-state index contributed by atoms with van der Waals surface area (Å²) in [7, 11) is 0. The van der Waals surface area contributed by atoms with Gasteiger partial charge in [0.25, 0.3) is 0 Å². The molecule has 3 aromatic rings. The quantitative estimate of drug-likeness (QED) is 0.731. The van der Waals surface area contributed by atoms with Crippen LogP contribution < -0.4 is 5.32 Å². The third kappa shape index (κ3) is 3.71. The van der Waals surface area contributed by atoms with Crippen molar-refractivity contribution in [2.24, 2.45) is 0 Å². The third-order valence-electron chi connectivity index (χ3n) is 3.00. The second-order valence-electron chi connectivity index (χ2n) is 4.62. The van der Waals surface area contributed by atoms with E-state index in [9.17, 15) is 4.79 Å². The van der Waals surface area contributed by atoms with Gasteiger partial charge in [-0.05, 0) is 17.5 Å². The number of thiophene rings is 1. The molecule has 1 N–H and O–H groups in total. The molecule has 0 radical (unpaired) electrons. The maximum absolute atomic E-state index is 11.7. The predicted octanol–water partition coefficient (Wildman–Crippen LogP) is 3.73. The van der Waals surface area contributed by atoms with Gasteiger partial charge in [-0.3, -0.25) is 4.79 Å². The average Bonchev–Trinajstić information content (AvgIpc) is 3.23. The minimum absolute atomic E-state index is 0.155. The summed E-state index contributed by atoms with van der Waals surface area (Å²) in [6, 6.07) is 15.5. The molecule has 0 aliphatic rings. The fourth-order valence-corrected chi connectivity index (χ4v) is 2.53. The Balaban J connectivity index is 1.56. The number of carbonyl (C=O) groups excluding carboxylic acids is 1. The van der Waals surface area contributed by atoms with E-state index in [-0.39, 0.29) is 5.91 Å². The van der Waals surface area contributed by atoms with Crippen molar-refractivity contribution < 1.29 is 9.32 Å². The number of carbonyl (C=O) groups is 1. The number of benzene rings is 1. The monoisotopic (exact) mass is 310 g/mol. The highest BCUT2D eigenvalue weighted by Crippen LogP contribution is 2.19. The van der Waals surface area contributed by atoms with Crippen molar-refractivity contribution in [1.29, 1.82) is 0 Å². The second kappa shape index (κ2) is 6.87. The van der Waals surface area contributed by atoms with Crippen LogP contribution in [0, 0.1) is 0 Å². The highest BCUT2D eigenvalue weighted by molar-refractivity contribution is 7.10. The van der Waals surface area contributed by atoms with Gasteiger partial charge in [0.15, 0.2) is 5.76 Å². The van der Waals surface area contributed by atoms with E-state index in [1.165, 1.54) is 6.08 Å². The minimum Gasteiger partial charge on any atom is -0.356 e. The molecule has 1 aromatic carbocycles. The van der Waals surface area contributed by atoms with E-state index in [0.29, 0.717) is 18.0 Å². The van der Waals surface area contributed by atoms with Crippen LogP contribution in [0.2, 0.25) is 0 Å². The van der Waals surface area contributed by atoms with Crippen molar-refractivity contribution in [2.45, 2.75) is 6.54 Å². The smallest absolute Gasteiger partial charge is 0.244 e. The summed E-state index contributed by atoms with van der Waals surface area (Å²) in [6.07, 6.45) is 3.31. The molecular formula is C17H14N2O2S. The van der Waals surface area contributed by atoms with Crippen LogP contribution in [-0.2, 0) is 11.3 Å². The average molecular weight is 310 g/mol. The van der Waals surface area contributed by atoms with Crippen LogP contribution in [0.1, 0.15) is 10.6 Å². The van der Waals surface area contributed by atoms with Crippen molar-refractivity contribution in [2.75, 3.05) is 0 Å². The Bertz CT molecular complexity index is 761. The van der Waals surface area contributed by atoms with Crippen molar-refractivity contribution in [3.8, 4) is 11.3 Å². The zero-order valence-corrected chi connectivity index (χ0v) is 12.5. The number of nitrogens with zero attached hydrogens (tertiary/aromatic N) is 1. The number of nitrogens with one attached hydrogen (secondary N) is 1. The molecule has 5 heteroatoms. The van der Waals surface area contributed by atoms with E-state index in [0.717, 1.165) is 10.4 Å². The molecule has 0 saturated heterocycles. The summed E-state index contributed by atoms with van der Waals surface area (Å²) in [5.74, 6) is 0.539. The van der Waals surface area contributed by atoms with E-state index in [4.69, 9.17) is 4.52 Å². The summed E-state index contributed by atoms with van der Waals surface area (Å²) in [5, 5.41) is 8.72. The van der Waals surface area contributed by atoms with Crippen LogP contribution in [0.25, 0.3) is 17.4 Å². The highest BCUT2D eigenvalue weighted by Gasteiger charge is 2.06. The SMILES string of the molecule is O=C(/C=C/c1cccs1)NCc1cc(-c2ccccc2)on1. The van der Waals surface area contributed by atoms with E-state index in [1.54, 1.807) is 17.4 Å². The van der Waals surface area contributed by atoms with Crippen molar-refractivity contribution in [1.82, 2.24) is 10.5 Å². The van der Waals surface area contributed by atoms with Crippen LogP contribution in [0.15, 0.2) is 64.5 Å². The number of rotatable bonds is 5. The zero-order chi connectivity index (χ0) is 15.2. The standard InChI is InChI=1S/C17H14N2O2S/c20-17(9-8-15-7-4-10-22-15)18-12-14-11-16(21-19-14)13-5-2-1-3-6-13/h1-11H,12H2,(H,18,20)/b9-8+. The molecule has 2 aromatic heterocycles. The number of amides is 1. The Hall–Kier alpha value is -2.66. The lowest BCUT2D eigenvalue weighted by Crippen LogP contribution is -2.20. The first-order valence-electron chi connectivity index (χ1n) is 6.82. The first-order chi connectivity index (χ1) is 10.8. The van der Waals surface area contributed by atoms with Crippen LogP contribution in [0.5, 0.6) is 0 Å². The zero-order valence-electron chi connectivity index (χ0n) is 11.7. The molecule has 0 atom stereocenters. The molecule has 0 unspecified atom stereocenters. The van der Waals surface area contributed by atoms with Crippen molar-refractivity contribution in [3.05, 3.63) is 70.6 Å². The molecule has 22 heavy (non-hydrogen) atoms. The maximum Gasteiger partial charge on any atom is 0.244 e. The van der Waals surface area contributed by atoms with Gasteiger partial charge in [0.05, 0.1) is 6.54 Å². The van der Waals surface area contributed by atoms with Gasteiger partial charge in [-0.1, -0.05) is 41.6 Å². The molecule has 0 aliphatic carbocycles. The molecule has 0 spiro atoms. The number of hydrogen-bond acceptors (Lipinski definition) is 4. The molecule has 2 heterocycles. The topological polar surface area (TPSA) is 55.1 Å². The minimum atomic E-state index is -0.155. The lowest BCUT2D eigenvalue weighted by atomic mass is 10.2. The summed E-state index contributed by atoms with van der Waals surface area (Å²) >= 11 is 1.59. The van der Waals surface area contributed by atoms with E-state index < -0.39 is 0 Å². The van der Waals surface area contributed by atoms with Gasteiger partial charge in [0, 0.05) is 22.6 Å². The number of aromatic nitrogens is 1. The fourth-order valence-electron chi connectivity index (χ4n) is 1.91. The Morgan fingerprint density at radius 3 is 2.86 bits per heavy atom. The Labute approximate surface area is 132 Å². The summed E-state index contributed by atoms with van der Waals surface area (Å²) < 4.78 is 5.28. The Morgan fingerprint density at radius 1 is 1.23 bits per heavy atom. The fraction of sp³-hybridized carbons (Fsp3) is 0.0588. The molecule has 0 aliphatic heterocycles. The van der Waals surface area contributed by atoms with Crippen LogP contribution in [-0.4, -0.2) is 11.1 Å². The lowest BCUT2D eigenvalue weighted by Gasteiger charge is -1.96.